The third-order valence-corrected chi connectivity index (χ3v) is 2.47. The van der Waals surface area contributed by atoms with Crippen LogP contribution in [0.1, 0.15) is 18.4 Å². The summed E-state index contributed by atoms with van der Waals surface area (Å²) in [4.78, 5) is 12.9. The summed E-state index contributed by atoms with van der Waals surface area (Å²) < 4.78 is 13.3. The molecule has 3 nitrogen and oxygen atoms in total. The Labute approximate surface area is 86.7 Å². The molecule has 0 radical (unpaired) electrons. The predicted octanol–water partition coefficient (Wildman–Crippen LogP) is 1.82. The largest absolute Gasteiger partial charge is 0.311 e. The molecule has 0 bridgehead atoms. The van der Waals surface area contributed by atoms with Crippen LogP contribution in [0.4, 0.5) is 10.1 Å². The summed E-state index contributed by atoms with van der Waals surface area (Å²) >= 11 is 0. The number of hydrogen-bond acceptors (Lipinski definition) is 2. The highest BCUT2D eigenvalue weighted by molar-refractivity contribution is 5.96. The lowest BCUT2D eigenvalue weighted by Crippen LogP contribution is -2.24. The normalized spacial score (nSPS) is 15.5. The third-order valence-electron chi connectivity index (χ3n) is 2.47. The van der Waals surface area contributed by atoms with Crippen molar-refractivity contribution in [3.05, 3.63) is 29.6 Å². The van der Waals surface area contributed by atoms with Gasteiger partial charge in [-0.2, -0.15) is 5.26 Å². The molecule has 76 valence electrons. The Morgan fingerprint density at radius 2 is 2.27 bits per heavy atom. The Hall–Kier alpha value is -1.89. The average Bonchev–Trinajstić information content (AvgIpc) is 2.64. The molecule has 2 rings (SSSR count). The number of rotatable bonds is 1. The van der Waals surface area contributed by atoms with Crippen LogP contribution in [0, 0.1) is 17.1 Å². The SMILES string of the molecule is N#Cc1c(F)cccc1N1CCCC1=O. The van der Waals surface area contributed by atoms with Crippen molar-refractivity contribution in [2.24, 2.45) is 0 Å². The van der Waals surface area contributed by atoms with Crippen LogP contribution in [0.25, 0.3) is 0 Å². The topological polar surface area (TPSA) is 44.1 Å². The van der Waals surface area contributed by atoms with Crippen LogP contribution in [-0.4, -0.2) is 12.5 Å². The first kappa shape index (κ1) is 9.66. The van der Waals surface area contributed by atoms with Crippen molar-refractivity contribution in [2.75, 3.05) is 11.4 Å². The van der Waals surface area contributed by atoms with Gasteiger partial charge in [0.05, 0.1) is 5.69 Å². The second kappa shape index (κ2) is 3.70. The Kier molecular flexibility index (Phi) is 2.38. The first-order valence-corrected chi connectivity index (χ1v) is 4.73. The van der Waals surface area contributed by atoms with Crippen molar-refractivity contribution < 1.29 is 9.18 Å². The molecule has 0 spiro atoms. The predicted molar refractivity (Wildman–Crippen MR) is 52.7 cm³/mol. The highest BCUT2D eigenvalue weighted by atomic mass is 19.1. The second-order valence-electron chi connectivity index (χ2n) is 3.39. The lowest BCUT2D eigenvalue weighted by atomic mass is 10.1. The first-order valence-electron chi connectivity index (χ1n) is 4.73. The number of nitrogens with zero attached hydrogens (tertiary/aromatic N) is 2. The van der Waals surface area contributed by atoms with E-state index in [2.05, 4.69) is 0 Å². The standard InChI is InChI=1S/C11H9FN2O/c12-9-3-1-4-10(8(9)7-13)14-6-2-5-11(14)15/h1,3-4H,2,5-6H2. The van der Waals surface area contributed by atoms with Crippen molar-refractivity contribution in [3.8, 4) is 6.07 Å². The van der Waals surface area contributed by atoms with Crippen molar-refractivity contribution in [3.63, 3.8) is 0 Å². The molecule has 1 saturated heterocycles. The zero-order chi connectivity index (χ0) is 10.8. The molecular weight excluding hydrogens is 195 g/mol. The van der Waals surface area contributed by atoms with E-state index in [-0.39, 0.29) is 11.5 Å². The van der Waals surface area contributed by atoms with E-state index in [1.807, 2.05) is 0 Å². The number of amides is 1. The monoisotopic (exact) mass is 204 g/mol. The summed E-state index contributed by atoms with van der Waals surface area (Å²) in [6, 6.07) is 6.13. The maximum atomic E-state index is 13.3. The maximum Gasteiger partial charge on any atom is 0.227 e. The number of hydrogen-bond donors (Lipinski definition) is 0. The molecule has 0 saturated carbocycles. The van der Waals surface area contributed by atoms with Gasteiger partial charge in [-0.3, -0.25) is 4.79 Å². The van der Waals surface area contributed by atoms with Gasteiger partial charge < -0.3 is 4.90 Å². The molecule has 0 N–H and O–H groups in total. The van der Waals surface area contributed by atoms with E-state index in [9.17, 15) is 9.18 Å². The smallest absolute Gasteiger partial charge is 0.227 e. The van der Waals surface area contributed by atoms with Gasteiger partial charge in [-0.05, 0) is 18.6 Å². The quantitative estimate of drug-likeness (QED) is 0.700. The summed E-state index contributed by atoms with van der Waals surface area (Å²) in [5.74, 6) is -0.619. The number of halogens is 1. The number of nitriles is 1. The lowest BCUT2D eigenvalue weighted by Gasteiger charge is -2.16. The van der Waals surface area contributed by atoms with Gasteiger partial charge in [0.25, 0.3) is 0 Å². The summed E-state index contributed by atoms with van der Waals surface area (Å²) in [7, 11) is 0. The highest BCUT2D eigenvalue weighted by Crippen LogP contribution is 2.26. The van der Waals surface area contributed by atoms with Crippen LogP contribution >= 0.6 is 0 Å². The summed E-state index contributed by atoms with van der Waals surface area (Å²) in [6.07, 6.45) is 1.24. The maximum absolute atomic E-state index is 13.3. The third kappa shape index (κ3) is 1.57. The van der Waals surface area contributed by atoms with E-state index in [4.69, 9.17) is 5.26 Å². The Morgan fingerprint density at radius 1 is 1.47 bits per heavy atom. The van der Waals surface area contributed by atoms with Gasteiger partial charge in [0.15, 0.2) is 0 Å². The molecule has 1 amide bonds. The van der Waals surface area contributed by atoms with Crippen LogP contribution < -0.4 is 4.90 Å². The van der Waals surface area contributed by atoms with Crippen molar-refractivity contribution in [2.45, 2.75) is 12.8 Å². The van der Waals surface area contributed by atoms with Crippen LogP contribution in [0.2, 0.25) is 0 Å². The summed E-state index contributed by atoms with van der Waals surface area (Å²) in [5, 5.41) is 8.82. The molecule has 4 heteroatoms. The first-order chi connectivity index (χ1) is 7.24. The van der Waals surface area contributed by atoms with E-state index in [0.717, 1.165) is 6.42 Å². The summed E-state index contributed by atoms with van der Waals surface area (Å²) in [5.41, 5.74) is 0.341. The van der Waals surface area contributed by atoms with Crippen LogP contribution in [0.15, 0.2) is 18.2 Å². The molecular formula is C11H9FN2O. The van der Waals surface area contributed by atoms with Gasteiger partial charge in [0.2, 0.25) is 5.91 Å². The van der Waals surface area contributed by atoms with Crippen molar-refractivity contribution >= 4 is 11.6 Å². The van der Waals surface area contributed by atoms with Gasteiger partial charge in [-0.25, -0.2) is 4.39 Å². The molecule has 1 heterocycles. The number of carbonyl (C=O) groups excluding carboxylic acids is 1. The molecule has 1 aliphatic heterocycles. The minimum atomic E-state index is -0.574. The van der Waals surface area contributed by atoms with Crippen molar-refractivity contribution in [1.29, 1.82) is 5.26 Å². The fraction of sp³-hybridized carbons (Fsp3) is 0.273. The van der Waals surface area contributed by atoms with Gasteiger partial charge in [-0.15, -0.1) is 0 Å². The number of carbonyl (C=O) groups is 1. The molecule has 0 unspecified atom stereocenters. The average molecular weight is 204 g/mol. The molecule has 1 aliphatic rings. The lowest BCUT2D eigenvalue weighted by molar-refractivity contribution is -0.117. The minimum absolute atomic E-state index is 0.0444. The van der Waals surface area contributed by atoms with E-state index >= 15 is 0 Å². The fourth-order valence-corrected chi connectivity index (χ4v) is 1.75. The second-order valence-corrected chi connectivity index (χ2v) is 3.39. The molecule has 1 aromatic rings. The Bertz CT molecular complexity index is 450. The number of anilines is 1. The Balaban J connectivity index is 2.48. The van der Waals surface area contributed by atoms with Gasteiger partial charge >= 0.3 is 0 Å². The molecule has 15 heavy (non-hydrogen) atoms. The van der Waals surface area contributed by atoms with E-state index in [0.29, 0.717) is 18.7 Å². The molecule has 1 aromatic carbocycles. The van der Waals surface area contributed by atoms with Crippen LogP contribution in [-0.2, 0) is 4.79 Å². The van der Waals surface area contributed by atoms with Gasteiger partial charge in [-0.1, -0.05) is 6.07 Å². The van der Waals surface area contributed by atoms with Gasteiger partial charge in [0, 0.05) is 13.0 Å². The van der Waals surface area contributed by atoms with E-state index in [1.54, 1.807) is 12.1 Å². The van der Waals surface area contributed by atoms with E-state index < -0.39 is 5.82 Å². The van der Waals surface area contributed by atoms with Gasteiger partial charge in [0.1, 0.15) is 17.4 Å². The minimum Gasteiger partial charge on any atom is -0.311 e. The zero-order valence-corrected chi connectivity index (χ0v) is 8.03. The fourth-order valence-electron chi connectivity index (χ4n) is 1.75. The Morgan fingerprint density at radius 3 is 2.87 bits per heavy atom. The number of benzene rings is 1. The van der Waals surface area contributed by atoms with Crippen molar-refractivity contribution in [1.82, 2.24) is 0 Å². The zero-order valence-electron chi connectivity index (χ0n) is 8.03. The van der Waals surface area contributed by atoms with Crippen LogP contribution in [0.3, 0.4) is 0 Å². The van der Waals surface area contributed by atoms with E-state index in [1.165, 1.54) is 17.0 Å². The molecule has 0 atom stereocenters. The van der Waals surface area contributed by atoms with Crippen LogP contribution in [0.5, 0.6) is 0 Å². The molecule has 0 aromatic heterocycles. The molecule has 0 aliphatic carbocycles. The highest BCUT2D eigenvalue weighted by Gasteiger charge is 2.24. The molecule has 1 fully saturated rings. The summed E-state index contributed by atoms with van der Waals surface area (Å²) in [6.45, 7) is 0.566.